The third kappa shape index (κ3) is 1.71. The average Bonchev–Trinajstić information content (AvgIpc) is 1.85. The summed E-state index contributed by atoms with van der Waals surface area (Å²) >= 11 is 0. The van der Waals surface area contributed by atoms with Crippen LogP contribution in [0.3, 0.4) is 0 Å². The zero-order chi connectivity index (χ0) is 8.43. The zero-order valence-electron chi connectivity index (χ0n) is 6.83. The molecular formula is C9H13NO. The van der Waals surface area contributed by atoms with Crippen LogP contribution < -0.4 is 5.73 Å². The molecule has 1 aromatic carbocycles. The topological polar surface area (TPSA) is 46.2 Å². The molecule has 0 amide bonds. The Hall–Kier alpha value is -1.02. The van der Waals surface area contributed by atoms with Crippen molar-refractivity contribution < 1.29 is 5.11 Å². The predicted molar refractivity (Wildman–Crippen MR) is 46.2 cm³/mol. The summed E-state index contributed by atoms with van der Waals surface area (Å²) in [7, 11) is 0. The highest BCUT2D eigenvalue weighted by Crippen LogP contribution is 2.18. The minimum absolute atomic E-state index is 0.407. The lowest BCUT2D eigenvalue weighted by atomic mass is 10.0. The van der Waals surface area contributed by atoms with Gasteiger partial charge in [0, 0.05) is 5.69 Å². The van der Waals surface area contributed by atoms with Crippen LogP contribution in [0.5, 0.6) is 0 Å². The summed E-state index contributed by atoms with van der Waals surface area (Å²) in [5, 5.41) is 9.25. The first-order valence-electron chi connectivity index (χ1n) is 3.65. The fraction of sp³-hybridized carbons (Fsp3) is 0.333. The molecule has 0 aromatic heterocycles. The maximum absolute atomic E-state index is 9.25. The number of hydrogen-bond acceptors (Lipinski definition) is 2. The number of aliphatic hydroxyl groups is 1. The molecule has 0 radical (unpaired) electrons. The molecule has 0 heterocycles. The summed E-state index contributed by atoms with van der Waals surface area (Å²) in [5.41, 5.74) is 8.27. The van der Waals surface area contributed by atoms with E-state index in [1.165, 1.54) is 0 Å². The number of rotatable bonds is 1. The number of anilines is 1. The zero-order valence-corrected chi connectivity index (χ0v) is 6.83. The van der Waals surface area contributed by atoms with E-state index in [0.717, 1.165) is 16.8 Å². The van der Waals surface area contributed by atoms with Crippen molar-refractivity contribution in [3.8, 4) is 0 Å². The summed E-state index contributed by atoms with van der Waals surface area (Å²) < 4.78 is 0. The molecule has 0 aliphatic heterocycles. The van der Waals surface area contributed by atoms with Crippen LogP contribution in [-0.2, 0) is 0 Å². The molecule has 0 spiro atoms. The van der Waals surface area contributed by atoms with Gasteiger partial charge in [-0.25, -0.2) is 0 Å². The molecule has 0 bridgehead atoms. The quantitative estimate of drug-likeness (QED) is 0.599. The van der Waals surface area contributed by atoms with E-state index >= 15 is 0 Å². The van der Waals surface area contributed by atoms with Crippen LogP contribution in [0.4, 0.5) is 5.69 Å². The molecule has 1 aromatic rings. The van der Waals surface area contributed by atoms with E-state index in [2.05, 4.69) is 0 Å². The molecule has 0 saturated carbocycles. The molecule has 2 heteroatoms. The minimum Gasteiger partial charge on any atom is -0.399 e. The van der Waals surface area contributed by atoms with Crippen molar-refractivity contribution in [2.24, 2.45) is 0 Å². The second-order valence-corrected chi connectivity index (χ2v) is 2.79. The fourth-order valence-corrected chi connectivity index (χ4v) is 1.17. The molecule has 1 unspecified atom stereocenters. The highest BCUT2D eigenvalue weighted by Gasteiger charge is 2.03. The second-order valence-electron chi connectivity index (χ2n) is 2.79. The van der Waals surface area contributed by atoms with Gasteiger partial charge in [0.1, 0.15) is 0 Å². The smallest absolute Gasteiger partial charge is 0.0764 e. The van der Waals surface area contributed by atoms with E-state index < -0.39 is 6.10 Å². The number of hydrogen-bond donors (Lipinski definition) is 2. The van der Waals surface area contributed by atoms with E-state index in [-0.39, 0.29) is 0 Å². The summed E-state index contributed by atoms with van der Waals surface area (Å²) in [5.74, 6) is 0. The van der Waals surface area contributed by atoms with Gasteiger partial charge in [-0.05, 0) is 37.1 Å². The fourth-order valence-electron chi connectivity index (χ4n) is 1.17. The van der Waals surface area contributed by atoms with E-state index in [4.69, 9.17) is 5.73 Å². The lowest BCUT2D eigenvalue weighted by molar-refractivity contribution is 0.198. The Balaban J connectivity index is 3.09. The van der Waals surface area contributed by atoms with Crippen molar-refractivity contribution in [2.45, 2.75) is 20.0 Å². The third-order valence-electron chi connectivity index (χ3n) is 1.74. The molecule has 0 aliphatic carbocycles. The summed E-state index contributed by atoms with van der Waals surface area (Å²) in [6.45, 7) is 3.69. The second kappa shape index (κ2) is 2.93. The molecule has 1 rings (SSSR count). The van der Waals surface area contributed by atoms with E-state index in [1.807, 2.05) is 19.1 Å². The Morgan fingerprint density at radius 3 is 2.55 bits per heavy atom. The van der Waals surface area contributed by atoms with E-state index in [9.17, 15) is 5.11 Å². The monoisotopic (exact) mass is 151 g/mol. The Morgan fingerprint density at radius 1 is 1.45 bits per heavy atom. The van der Waals surface area contributed by atoms with Crippen molar-refractivity contribution in [1.29, 1.82) is 0 Å². The average molecular weight is 151 g/mol. The summed E-state index contributed by atoms with van der Waals surface area (Å²) in [6.07, 6.45) is -0.407. The largest absolute Gasteiger partial charge is 0.399 e. The first-order chi connectivity index (χ1) is 5.11. The predicted octanol–water partition coefficient (Wildman–Crippen LogP) is 1.63. The lowest BCUT2D eigenvalue weighted by Crippen LogP contribution is -1.95. The number of benzene rings is 1. The Kier molecular flexibility index (Phi) is 2.15. The van der Waals surface area contributed by atoms with Crippen LogP contribution in [0.25, 0.3) is 0 Å². The van der Waals surface area contributed by atoms with Gasteiger partial charge < -0.3 is 10.8 Å². The highest BCUT2D eigenvalue weighted by atomic mass is 16.3. The molecule has 0 fully saturated rings. The molecular weight excluding hydrogens is 138 g/mol. The lowest BCUT2D eigenvalue weighted by Gasteiger charge is -2.08. The van der Waals surface area contributed by atoms with Crippen LogP contribution in [0.1, 0.15) is 24.2 Å². The maximum Gasteiger partial charge on any atom is 0.0764 e. The summed E-state index contributed by atoms with van der Waals surface area (Å²) in [6, 6.07) is 5.52. The van der Waals surface area contributed by atoms with Crippen LogP contribution >= 0.6 is 0 Å². The van der Waals surface area contributed by atoms with Gasteiger partial charge in [-0.2, -0.15) is 0 Å². The Morgan fingerprint density at radius 2 is 2.09 bits per heavy atom. The molecule has 3 N–H and O–H groups in total. The molecule has 11 heavy (non-hydrogen) atoms. The minimum atomic E-state index is -0.407. The first kappa shape index (κ1) is 8.08. The summed E-state index contributed by atoms with van der Waals surface area (Å²) in [4.78, 5) is 0. The number of aryl methyl sites for hydroxylation is 1. The van der Waals surface area contributed by atoms with E-state index in [1.54, 1.807) is 13.0 Å². The van der Waals surface area contributed by atoms with Crippen molar-refractivity contribution in [1.82, 2.24) is 0 Å². The van der Waals surface area contributed by atoms with Crippen LogP contribution in [0.2, 0.25) is 0 Å². The van der Waals surface area contributed by atoms with Gasteiger partial charge in [0.15, 0.2) is 0 Å². The molecule has 60 valence electrons. The van der Waals surface area contributed by atoms with Crippen LogP contribution in [0.15, 0.2) is 18.2 Å². The van der Waals surface area contributed by atoms with Crippen molar-refractivity contribution in [3.63, 3.8) is 0 Å². The Labute approximate surface area is 66.7 Å². The van der Waals surface area contributed by atoms with Gasteiger partial charge in [0.2, 0.25) is 0 Å². The van der Waals surface area contributed by atoms with Crippen LogP contribution in [-0.4, -0.2) is 5.11 Å². The SMILES string of the molecule is Cc1cc(N)ccc1C(C)O. The van der Waals surface area contributed by atoms with Gasteiger partial charge in [-0.3, -0.25) is 0 Å². The van der Waals surface area contributed by atoms with Gasteiger partial charge in [-0.15, -0.1) is 0 Å². The van der Waals surface area contributed by atoms with Crippen molar-refractivity contribution in [2.75, 3.05) is 5.73 Å². The molecule has 1 atom stereocenters. The highest BCUT2D eigenvalue weighted by molar-refractivity contribution is 5.44. The maximum atomic E-state index is 9.25. The van der Waals surface area contributed by atoms with Gasteiger partial charge in [0.25, 0.3) is 0 Å². The molecule has 2 nitrogen and oxygen atoms in total. The third-order valence-corrected chi connectivity index (χ3v) is 1.74. The van der Waals surface area contributed by atoms with Gasteiger partial charge in [-0.1, -0.05) is 6.07 Å². The van der Waals surface area contributed by atoms with Crippen LogP contribution in [0, 0.1) is 6.92 Å². The normalized spacial score (nSPS) is 13.0. The standard InChI is InChI=1S/C9H13NO/c1-6-5-8(10)3-4-9(6)7(2)11/h3-5,7,11H,10H2,1-2H3. The number of nitrogen functional groups attached to an aromatic ring is 1. The van der Waals surface area contributed by atoms with Gasteiger partial charge >= 0.3 is 0 Å². The van der Waals surface area contributed by atoms with Crippen molar-refractivity contribution >= 4 is 5.69 Å². The Bertz CT molecular complexity index is 256. The number of nitrogens with two attached hydrogens (primary N) is 1. The van der Waals surface area contributed by atoms with Gasteiger partial charge in [0.05, 0.1) is 6.10 Å². The number of aliphatic hydroxyl groups excluding tert-OH is 1. The molecule has 0 aliphatic rings. The van der Waals surface area contributed by atoms with E-state index in [0.29, 0.717) is 0 Å². The van der Waals surface area contributed by atoms with Crippen molar-refractivity contribution in [3.05, 3.63) is 29.3 Å². The first-order valence-corrected chi connectivity index (χ1v) is 3.65. The molecule has 0 saturated heterocycles.